The number of aliphatic carboxylic acids is 1. The average Bonchev–Trinajstić information content (AvgIpc) is 2.20. The van der Waals surface area contributed by atoms with E-state index in [2.05, 4.69) is 17.2 Å². The van der Waals surface area contributed by atoms with Crippen molar-refractivity contribution in [2.45, 2.75) is 26.7 Å². The smallest absolute Gasteiger partial charge is 0.315 e. The Balaban J connectivity index is 3.79. The second-order valence-corrected chi connectivity index (χ2v) is 3.89. The largest absolute Gasteiger partial charge is 0.481 e. The lowest BCUT2D eigenvalue weighted by Gasteiger charge is -2.13. The molecule has 0 bridgehead atoms. The van der Waals surface area contributed by atoms with Crippen LogP contribution >= 0.6 is 0 Å². The number of urea groups is 1. The molecule has 1 atom stereocenters. The molecule has 5 heteroatoms. The van der Waals surface area contributed by atoms with Crippen molar-refractivity contribution in [3.8, 4) is 0 Å². The summed E-state index contributed by atoms with van der Waals surface area (Å²) in [5, 5.41) is 13.9. The number of hydrogen-bond donors (Lipinski definition) is 3. The first-order valence-corrected chi connectivity index (χ1v) is 5.33. The van der Waals surface area contributed by atoms with Gasteiger partial charge >= 0.3 is 12.0 Å². The van der Waals surface area contributed by atoms with Gasteiger partial charge in [0.15, 0.2) is 0 Å². The molecule has 0 saturated carbocycles. The molecule has 0 aliphatic rings. The second-order valence-electron chi connectivity index (χ2n) is 3.89. The van der Waals surface area contributed by atoms with Gasteiger partial charge in [0.05, 0.1) is 0 Å². The fourth-order valence-electron chi connectivity index (χ4n) is 1.14. The standard InChI is InChI=1S/C11H20N2O3/c1-4-9(5-10(14)15)7-13-11(16)12-6-8(2)3/h9H,2,4-7H2,1,3H3,(H,14,15)(H2,12,13,16). The molecule has 5 nitrogen and oxygen atoms in total. The van der Waals surface area contributed by atoms with E-state index >= 15 is 0 Å². The Morgan fingerprint density at radius 2 is 2.00 bits per heavy atom. The SMILES string of the molecule is C=C(C)CNC(=O)NCC(CC)CC(=O)O. The first-order valence-electron chi connectivity index (χ1n) is 5.33. The van der Waals surface area contributed by atoms with Crippen LogP contribution in [0.5, 0.6) is 0 Å². The average molecular weight is 228 g/mol. The molecule has 0 fully saturated rings. The molecule has 0 aromatic heterocycles. The van der Waals surface area contributed by atoms with E-state index in [0.717, 1.165) is 12.0 Å². The van der Waals surface area contributed by atoms with Crippen LogP contribution in [0.1, 0.15) is 26.7 Å². The summed E-state index contributed by atoms with van der Waals surface area (Å²) in [6, 6.07) is -0.285. The van der Waals surface area contributed by atoms with Crippen LogP contribution in [-0.2, 0) is 4.79 Å². The third kappa shape index (κ3) is 7.84. The Hall–Kier alpha value is -1.52. The number of carboxylic acids is 1. The van der Waals surface area contributed by atoms with Crippen molar-refractivity contribution in [3.05, 3.63) is 12.2 Å². The minimum Gasteiger partial charge on any atom is -0.481 e. The Labute approximate surface area is 95.9 Å². The molecule has 16 heavy (non-hydrogen) atoms. The van der Waals surface area contributed by atoms with Gasteiger partial charge < -0.3 is 15.7 Å². The Kier molecular flexibility index (Phi) is 7.00. The predicted molar refractivity (Wildman–Crippen MR) is 62.2 cm³/mol. The zero-order valence-corrected chi connectivity index (χ0v) is 9.88. The second kappa shape index (κ2) is 7.73. The highest BCUT2D eigenvalue weighted by molar-refractivity contribution is 5.74. The number of carbonyl (C=O) groups is 2. The zero-order chi connectivity index (χ0) is 12.6. The summed E-state index contributed by atoms with van der Waals surface area (Å²) in [5.41, 5.74) is 0.868. The molecule has 0 aromatic carbocycles. The van der Waals surface area contributed by atoms with Gasteiger partial charge in [-0.1, -0.05) is 25.5 Å². The normalized spacial score (nSPS) is 11.6. The number of rotatable bonds is 7. The van der Waals surface area contributed by atoms with Crippen molar-refractivity contribution in [2.24, 2.45) is 5.92 Å². The molecule has 0 radical (unpaired) electrons. The van der Waals surface area contributed by atoms with Gasteiger partial charge in [-0.15, -0.1) is 0 Å². The minimum absolute atomic E-state index is 0.0203. The van der Waals surface area contributed by atoms with E-state index in [-0.39, 0.29) is 18.4 Å². The maximum Gasteiger partial charge on any atom is 0.315 e. The summed E-state index contributed by atoms with van der Waals surface area (Å²) >= 11 is 0. The van der Waals surface area contributed by atoms with Crippen LogP contribution in [0.15, 0.2) is 12.2 Å². The summed E-state index contributed by atoms with van der Waals surface area (Å²) in [5.74, 6) is -0.857. The Bertz CT molecular complexity index is 264. The van der Waals surface area contributed by atoms with E-state index < -0.39 is 5.97 Å². The van der Waals surface area contributed by atoms with Crippen molar-refractivity contribution in [3.63, 3.8) is 0 Å². The van der Waals surface area contributed by atoms with Gasteiger partial charge in [-0.2, -0.15) is 0 Å². The molecule has 0 aliphatic heterocycles. The minimum atomic E-state index is -0.837. The molecule has 0 rings (SSSR count). The Morgan fingerprint density at radius 3 is 2.44 bits per heavy atom. The molecule has 3 N–H and O–H groups in total. The van der Waals surface area contributed by atoms with Crippen LogP contribution in [0, 0.1) is 5.92 Å². The highest BCUT2D eigenvalue weighted by Crippen LogP contribution is 2.06. The van der Waals surface area contributed by atoms with Crippen LogP contribution < -0.4 is 10.6 Å². The topological polar surface area (TPSA) is 78.4 Å². The van der Waals surface area contributed by atoms with Crippen molar-refractivity contribution in [1.29, 1.82) is 0 Å². The number of amides is 2. The highest BCUT2D eigenvalue weighted by atomic mass is 16.4. The fourth-order valence-corrected chi connectivity index (χ4v) is 1.14. The van der Waals surface area contributed by atoms with E-state index in [0.29, 0.717) is 13.1 Å². The van der Waals surface area contributed by atoms with Gasteiger partial charge in [-0.3, -0.25) is 4.79 Å². The van der Waals surface area contributed by atoms with Crippen LogP contribution in [-0.4, -0.2) is 30.2 Å². The third-order valence-corrected chi connectivity index (χ3v) is 2.14. The first kappa shape index (κ1) is 14.5. The number of hydrogen-bond acceptors (Lipinski definition) is 2. The van der Waals surface area contributed by atoms with Crippen LogP contribution in [0.25, 0.3) is 0 Å². The molecule has 0 aromatic rings. The van der Waals surface area contributed by atoms with Crippen molar-refractivity contribution in [1.82, 2.24) is 10.6 Å². The van der Waals surface area contributed by atoms with Gasteiger partial charge in [0.2, 0.25) is 0 Å². The molecule has 0 saturated heterocycles. The summed E-state index contributed by atoms with van der Waals surface area (Å²) in [7, 11) is 0. The third-order valence-electron chi connectivity index (χ3n) is 2.14. The molecule has 92 valence electrons. The lowest BCUT2D eigenvalue weighted by Crippen LogP contribution is -2.39. The quantitative estimate of drug-likeness (QED) is 0.576. The van der Waals surface area contributed by atoms with Crippen LogP contribution in [0.3, 0.4) is 0 Å². The van der Waals surface area contributed by atoms with Gasteiger partial charge in [-0.05, 0) is 12.8 Å². The highest BCUT2D eigenvalue weighted by Gasteiger charge is 2.12. The van der Waals surface area contributed by atoms with Crippen molar-refractivity contribution in [2.75, 3.05) is 13.1 Å². The maximum atomic E-state index is 11.2. The van der Waals surface area contributed by atoms with E-state index in [9.17, 15) is 9.59 Å². The lowest BCUT2D eigenvalue weighted by atomic mass is 10.0. The summed E-state index contributed by atoms with van der Waals surface area (Å²) < 4.78 is 0. The number of carbonyl (C=O) groups excluding carboxylic acids is 1. The Morgan fingerprint density at radius 1 is 1.38 bits per heavy atom. The van der Waals surface area contributed by atoms with Gasteiger partial charge in [0, 0.05) is 19.5 Å². The van der Waals surface area contributed by atoms with Crippen LogP contribution in [0.4, 0.5) is 4.79 Å². The monoisotopic (exact) mass is 228 g/mol. The molecule has 0 spiro atoms. The van der Waals surface area contributed by atoms with E-state index in [4.69, 9.17) is 5.11 Å². The van der Waals surface area contributed by atoms with Crippen LogP contribution in [0.2, 0.25) is 0 Å². The molecule has 0 aliphatic carbocycles. The molecule has 2 amide bonds. The lowest BCUT2D eigenvalue weighted by molar-refractivity contribution is -0.138. The number of carboxylic acid groups (broad SMARTS) is 1. The zero-order valence-electron chi connectivity index (χ0n) is 9.88. The molecule has 1 unspecified atom stereocenters. The van der Waals surface area contributed by atoms with Gasteiger partial charge in [0.25, 0.3) is 0 Å². The molecular weight excluding hydrogens is 208 g/mol. The van der Waals surface area contributed by atoms with Gasteiger partial charge in [-0.25, -0.2) is 4.79 Å². The molecular formula is C11H20N2O3. The van der Waals surface area contributed by atoms with E-state index in [1.165, 1.54) is 0 Å². The van der Waals surface area contributed by atoms with Crippen molar-refractivity contribution < 1.29 is 14.7 Å². The summed E-state index contributed by atoms with van der Waals surface area (Å²) in [6.07, 6.45) is 0.810. The number of nitrogens with one attached hydrogen (secondary N) is 2. The first-order chi connectivity index (χ1) is 7.45. The van der Waals surface area contributed by atoms with Gasteiger partial charge in [0.1, 0.15) is 0 Å². The maximum absolute atomic E-state index is 11.2. The molecule has 0 heterocycles. The van der Waals surface area contributed by atoms with E-state index in [1.54, 1.807) is 0 Å². The van der Waals surface area contributed by atoms with Crippen molar-refractivity contribution >= 4 is 12.0 Å². The summed E-state index contributed by atoms with van der Waals surface area (Å²) in [6.45, 7) is 8.19. The fraction of sp³-hybridized carbons (Fsp3) is 0.636. The predicted octanol–water partition coefficient (Wildman–Crippen LogP) is 1.36. The summed E-state index contributed by atoms with van der Waals surface area (Å²) in [4.78, 5) is 21.7. The van der Waals surface area contributed by atoms with E-state index in [1.807, 2.05) is 13.8 Å².